The molecule has 2 saturated carbocycles. The summed E-state index contributed by atoms with van der Waals surface area (Å²) in [5.41, 5.74) is 6.78. The second-order valence-corrected chi connectivity index (χ2v) is 9.68. The molecule has 1 aliphatic heterocycles. The molecule has 7 nitrogen and oxygen atoms in total. The Bertz CT molecular complexity index is 938. The Kier molecular flexibility index (Phi) is 8.56. The van der Waals surface area contributed by atoms with E-state index in [4.69, 9.17) is 11.0 Å². The number of halogens is 3. The summed E-state index contributed by atoms with van der Waals surface area (Å²) in [5.74, 6) is -0.0262. The SMILES string of the molecule is C#N.NC(=Nc1ccc(C(O)C(F)(F)F)cc1)/C(C=O)=C\NC1CCC(N2CC3(CCC3)C2)CC1. The minimum Gasteiger partial charge on any atom is -0.387 e. The van der Waals surface area contributed by atoms with E-state index < -0.39 is 12.3 Å². The summed E-state index contributed by atoms with van der Waals surface area (Å²) in [4.78, 5) is 18.3. The summed E-state index contributed by atoms with van der Waals surface area (Å²) < 4.78 is 37.8. The van der Waals surface area contributed by atoms with Crippen LogP contribution in [0, 0.1) is 17.2 Å². The molecule has 1 spiro atoms. The highest BCUT2D eigenvalue weighted by atomic mass is 19.4. The van der Waals surface area contributed by atoms with Crippen LogP contribution in [0.3, 0.4) is 0 Å². The smallest absolute Gasteiger partial charge is 0.387 e. The van der Waals surface area contributed by atoms with E-state index in [0.29, 0.717) is 17.7 Å². The fourth-order valence-corrected chi connectivity index (χ4v) is 5.17. The lowest BCUT2D eigenvalue weighted by molar-refractivity contribution is -0.206. The molecule has 3 fully saturated rings. The molecule has 0 aromatic heterocycles. The van der Waals surface area contributed by atoms with Crippen molar-refractivity contribution in [2.45, 2.75) is 69.3 Å². The van der Waals surface area contributed by atoms with Gasteiger partial charge < -0.3 is 16.2 Å². The number of nitriles is 1. The lowest BCUT2D eigenvalue weighted by Crippen LogP contribution is -2.63. The average molecular weight is 492 g/mol. The summed E-state index contributed by atoms with van der Waals surface area (Å²) in [7, 11) is 0. The van der Waals surface area contributed by atoms with E-state index in [-0.39, 0.29) is 28.7 Å². The molecule has 1 aromatic rings. The number of hydrogen-bond acceptors (Lipinski definition) is 6. The third-order valence-corrected chi connectivity index (χ3v) is 7.37. The molecule has 1 heterocycles. The molecular weight excluding hydrogens is 459 g/mol. The monoisotopic (exact) mass is 491 g/mol. The number of aliphatic hydroxyl groups excluding tert-OH is 1. The van der Waals surface area contributed by atoms with Gasteiger partial charge in [-0.1, -0.05) is 18.6 Å². The van der Waals surface area contributed by atoms with Crippen LogP contribution >= 0.6 is 0 Å². The molecule has 0 bridgehead atoms. The molecule has 1 saturated heterocycles. The highest BCUT2D eigenvalue weighted by Gasteiger charge is 2.49. The Morgan fingerprint density at radius 3 is 2.29 bits per heavy atom. The topological polar surface area (TPSA) is 115 Å². The second-order valence-electron chi connectivity index (χ2n) is 9.68. The van der Waals surface area contributed by atoms with E-state index in [1.165, 1.54) is 44.5 Å². The number of amidine groups is 1. The molecule has 10 heteroatoms. The normalized spacial score (nSPS) is 25.4. The summed E-state index contributed by atoms with van der Waals surface area (Å²) in [6.07, 6.45) is 3.37. The van der Waals surface area contributed by atoms with Crippen LogP contribution in [-0.4, -0.2) is 53.5 Å². The van der Waals surface area contributed by atoms with Gasteiger partial charge in [-0.05, 0) is 61.6 Å². The van der Waals surface area contributed by atoms with Crippen molar-refractivity contribution in [3.8, 4) is 6.57 Å². The predicted molar refractivity (Wildman–Crippen MR) is 127 cm³/mol. The fraction of sp³-hybridized carbons (Fsp3) is 0.560. The van der Waals surface area contributed by atoms with Gasteiger partial charge >= 0.3 is 6.18 Å². The first-order valence-corrected chi connectivity index (χ1v) is 11.8. The summed E-state index contributed by atoms with van der Waals surface area (Å²) in [6, 6.07) is 5.84. The van der Waals surface area contributed by atoms with Crippen molar-refractivity contribution in [1.82, 2.24) is 10.2 Å². The lowest BCUT2D eigenvalue weighted by atomic mass is 9.63. The molecule has 1 unspecified atom stereocenters. The van der Waals surface area contributed by atoms with E-state index in [9.17, 15) is 23.1 Å². The maximum absolute atomic E-state index is 12.6. The number of carbonyl (C=O) groups excluding carboxylic acids is 1. The van der Waals surface area contributed by atoms with Crippen molar-refractivity contribution < 1.29 is 23.1 Å². The highest BCUT2D eigenvalue weighted by molar-refractivity contribution is 6.13. The molecule has 4 N–H and O–H groups in total. The van der Waals surface area contributed by atoms with Crippen molar-refractivity contribution in [2.75, 3.05) is 13.1 Å². The van der Waals surface area contributed by atoms with Crippen molar-refractivity contribution in [1.29, 1.82) is 5.26 Å². The van der Waals surface area contributed by atoms with Crippen molar-refractivity contribution in [2.24, 2.45) is 16.1 Å². The first kappa shape index (κ1) is 26.7. The predicted octanol–water partition coefficient (Wildman–Crippen LogP) is 3.88. The van der Waals surface area contributed by atoms with Crippen molar-refractivity contribution in [3.05, 3.63) is 41.6 Å². The number of aliphatic hydroxyl groups is 1. The Labute approximate surface area is 203 Å². The van der Waals surface area contributed by atoms with Crippen LogP contribution in [0.2, 0.25) is 0 Å². The lowest BCUT2D eigenvalue weighted by Gasteiger charge is -2.59. The average Bonchev–Trinajstić information content (AvgIpc) is 2.79. The van der Waals surface area contributed by atoms with Gasteiger partial charge in [0, 0.05) is 37.9 Å². The van der Waals surface area contributed by atoms with Crippen molar-refractivity contribution in [3.63, 3.8) is 0 Å². The van der Waals surface area contributed by atoms with Gasteiger partial charge in [0.1, 0.15) is 5.84 Å². The Balaban J connectivity index is 0.00000167. The van der Waals surface area contributed by atoms with E-state index in [2.05, 4.69) is 21.8 Å². The first-order chi connectivity index (χ1) is 16.7. The van der Waals surface area contributed by atoms with Crippen LogP contribution in [-0.2, 0) is 4.79 Å². The molecule has 2 aliphatic carbocycles. The van der Waals surface area contributed by atoms with Gasteiger partial charge in [0.15, 0.2) is 12.4 Å². The minimum atomic E-state index is -4.74. The molecule has 1 atom stereocenters. The van der Waals surface area contributed by atoms with Gasteiger partial charge in [-0.15, -0.1) is 0 Å². The van der Waals surface area contributed by atoms with Crippen LogP contribution < -0.4 is 11.1 Å². The zero-order valence-corrected chi connectivity index (χ0v) is 19.5. The molecule has 35 heavy (non-hydrogen) atoms. The number of carbonyl (C=O) groups is 1. The van der Waals surface area contributed by atoms with Gasteiger partial charge in [-0.25, -0.2) is 10.3 Å². The number of alkyl halides is 3. The standard InChI is InChI=1S/C24H31F3N4O2.CHN/c25-24(26,27)21(33)16-2-4-19(5-3-16)30-22(28)17(13-32)12-29-18-6-8-20(9-7-18)31-14-23(15-31)10-1-11-23;1-2/h2-5,12-13,18,20-21,29,33H,1,6-11,14-15H2,(H2,28,30);1H/b17-12-;. The van der Waals surface area contributed by atoms with E-state index in [0.717, 1.165) is 37.8 Å². The summed E-state index contributed by atoms with van der Waals surface area (Å²) in [6.45, 7) is 6.02. The van der Waals surface area contributed by atoms with E-state index >= 15 is 0 Å². The number of nitrogens with zero attached hydrogens (tertiary/aromatic N) is 3. The first-order valence-electron chi connectivity index (χ1n) is 11.8. The van der Waals surface area contributed by atoms with Crippen LogP contribution in [0.1, 0.15) is 56.6 Å². The van der Waals surface area contributed by atoms with Gasteiger partial charge in [0.05, 0.1) is 11.3 Å². The van der Waals surface area contributed by atoms with Gasteiger partial charge in [0.2, 0.25) is 0 Å². The Morgan fingerprint density at radius 2 is 1.80 bits per heavy atom. The number of likely N-dealkylation sites (tertiary alicyclic amines) is 1. The van der Waals surface area contributed by atoms with E-state index in [1.807, 2.05) is 0 Å². The number of nitrogens with one attached hydrogen (secondary N) is 1. The Hall–Kier alpha value is -2.90. The van der Waals surface area contributed by atoms with Crippen LogP contribution in [0.25, 0.3) is 0 Å². The minimum absolute atomic E-state index is 0.0262. The van der Waals surface area contributed by atoms with Crippen LogP contribution in [0.4, 0.5) is 18.9 Å². The molecule has 0 radical (unpaired) electrons. The molecule has 0 amide bonds. The van der Waals surface area contributed by atoms with Crippen LogP contribution in [0.15, 0.2) is 41.0 Å². The van der Waals surface area contributed by atoms with Gasteiger partial charge in [-0.3, -0.25) is 9.69 Å². The number of nitrogens with two attached hydrogens (primary N) is 1. The molecule has 4 rings (SSSR count). The van der Waals surface area contributed by atoms with E-state index in [1.54, 1.807) is 6.20 Å². The number of benzene rings is 1. The zero-order chi connectivity index (χ0) is 25.6. The molecule has 190 valence electrons. The summed E-state index contributed by atoms with van der Waals surface area (Å²) in [5, 5.41) is 19.1. The van der Waals surface area contributed by atoms with Crippen LogP contribution in [0.5, 0.6) is 0 Å². The fourth-order valence-electron chi connectivity index (χ4n) is 5.17. The Morgan fingerprint density at radius 1 is 1.20 bits per heavy atom. The van der Waals surface area contributed by atoms with Gasteiger partial charge in [-0.2, -0.15) is 13.2 Å². The van der Waals surface area contributed by atoms with Crippen molar-refractivity contribution >= 4 is 17.8 Å². The maximum atomic E-state index is 12.6. The third-order valence-electron chi connectivity index (χ3n) is 7.37. The highest BCUT2D eigenvalue weighted by Crippen LogP contribution is 2.49. The molecule has 3 aliphatic rings. The van der Waals surface area contributed by atoms with Gasteiger partial charge in [0.25, 0.3) is 0 Å². The number of hydrogen-bond donors (Lipinski definition) is 3. The second kappa shape index (κ2) is 11.2. The number of aldehydes is 1. The summed E-state index contributed by atoms with van der Waals surface area (Å²) >= 11 is 0. The number of rotatable bonds is 7. The molecule has 1 aromatic carbocycles. The largest absolute Gasteiger partial charge is 0.418 e. The quantitative estimate of drug-likeness (QED) is 0.231. The number of aliphatic imine (C=N–C) groups is 1. The third kappa shape index (κ3) is 6.41. The zero-order valence-electron chi connectivity index (χ0n) is 19.5. The maximum Gasteiger partial charge on any atom is 0.418 e. The molecular formula is C25H32F3N5O2.